The molecule has 1 aromatic carbocycles. The van der Waals surface area contributed by atoms with Crippen LogP contribution in [-0.2, 0) is 0 Å². The lowest BCUT2D eigenvalue weighted by Gasteiger charge is -2.16. The van der Waals surface area contributed by atoms with E-state index in [1.54, 1.807) is 6.07 Å². The summed E-state index contributed by atoms with van der Waals surface area (Å²) in [7, 11) is 0. The normalized spacial score (nSPS) is 15.2. The number of aromatic nitrogens is 2. The Kier molecular flexibility index (Phi) is 4.18. The van der Waals surface area contributed by atoms with E-state index in [4.69, 9.17) is 26.6 Å². The van der Waals surface area contributed by atoms with Crippen LogP contribution in [0.1, 0.15) is 43.6 Å². The van der Waals surface area contributed by atoms with Crippen LogP contribution in [0.3, 0.4) is 0 Å². The monoisotopic (exact) mass is 319 g/mol. The van der Waals surface area contributed by atoms with Crippen LogP contribution in [0.5, 0.6) is 5.75 Å². The fraction of sp³-hybridized carbons (Fsp3) is 0.375. The Bertz CT molecular complexity index is 709. The quantitative estimate of drug-likeness (QED) is 0.930. The molecule has 0 spiro atoms. The first kappa shape index (κ1) is 15.1. The van der Waals surface area contributed by atoms with Crippen LogP contribution in [0, 0.1) is 5.92 Å². The third kappa shape index (κ3) is 3.15. The zero-order valence-corrected chi connectivity index (χ0v) is 13.3. The van der Waals surface area contributed by atoms with E-state index in [0.29, 0.717) is 29.3 Å². The molecule has 3 rings (SSSR count). The Balaban J connectivity index is 1.85. The minimum Gasteiger partial charge on any atom is -0.488 e. The number of fused-ring (bicyclic) bond motifs is 1. The first-order valence-corrected chi connectivity index (χ1v) is 7.63. The highest BCUT2D eigenvalue weighted by atomic mass is 35.5. The van der Waals surface area contributed by atoms with E-state index in [1.807, 2.05) is 18.2 Å². The van der Waals surface area contributed by atoms with Crippen molar-refractivity contribution in [1.82, 2.24) is 10.1 Å². The molecule has 2 N–H and O–H groups in total. The number of rotatable bonds is 4. The van der Waals surface area contributed by atoms with Gasteiger partial charge < -0.3 is 15.0 Å². The van der Waals surface area contributed by atoms with E-state index in [2.05, 4.69) is 24.0 Å². The Labute approximate surface area is 134 Å². The Hall–Kier alpha value is -1.85. The highest BCUT2D eigenvalue weighted by Gasteiger charge is 2.20. The van der Waals surface area contributed by atoms with Crippen LogP contribution in [0.25, 0.3) is 11.6 Å². The van der Waals surface area contributed by atoms with Gasteiger partial charge in [0.05, 0.1) is 6.04 Å². The average molecular weight is 320 g/mol. The smallest absolute Gasteiger partial charge is 0.243 e. The van der Waals surface area contributed by atoms with Gasteiger partial charge >= 0.3 is 0 Å². The van der Waals surface area contributed by atoms with Crippen LogP contribution in [0.15, 0.2) is 22.7 Å². The van der Waals surface area contributed by atoms with E-state index in [1.165, 1.54) is 0 Å². The lowest BCUT2D eigenvalue weighted by molar-refractivity contribution is 0.332. The summed E-state index contributed by atoms with van der Waals surface area (Å²) < 4.78 is 11.0. The molecular weight excluding hydrogens is 302 g/mol. The second kappa shape index (κ2) is 6.10. The lowest BCUT2D eigenvalue weighted by Crippen LogP contribution is -2.13. The van der Waals surface area contributed by atoms with Gasteiger partial charge in [-0.2, -0.15) is 4.98 Å². The molecule has 0 radical (unpaired) electrons. The molecule has 1 aliphatic rings. The van der Waals surface area contributed by atoms with Gasteiger partial charge in [0.2, 0.25) is 11.7 Å². The summed E-state index contributed by atoms with van der Waals surface area (Å²) in [5.74, 6) is 2.24. The van der Waals surface area contributed by atoms with Gasteiger partial charge in [-0.05, 0) is 36.6 Å². The van der Waals surface area contributed by atoms with Crippen molar-refractivity contribution in [2.75, 3.05) is 6.61 Å². The van der Waals surface area contributed by atoms with Crippen molar-refractivity contribution >= 4 is 23.3 Å². The number of hydrogen-bond donors (Lipinski definition) is 1. The maximum absolute atomic E-state index is 6.07. The maximum Gasteiger partial charge on any atom is 0.243 e. The van der Waals surface area contributed by atoms with E-state index < -0.39 is 0 Å². The van der Waals surface area contributed by atoms with Crippen LogP contribution >= 0.6 is 11.6 Å². The third-order valence-electron chi connectivity index (χ3n) is 3.46. The number of halogens is 1. The third-order valence-corrected chi connectivity index (χ3v) is 3.69. The van der Waals surface area contributed by atoms with Crippen molar-refractivity contribution < 1.29 is 9.26 Å². The summed E-state index contributed by atoms with van der Waals surface area (Å²) in [6.45, 7) is 4.61. The van der Waals surface area contributed by atoms with Gasteiger partial charge in [-0.3, -0.25) is 0 Å². The second-order valence-electron chi connectivity index (χ2n) is 5.83. The van der Waals surface area contributed by atoms with Gasteiger partial charge in [0.1, 0.15) is 12.4 Å². The molecule has 2 aromatic rings. The molecule has 6 heteroatoms. The zero-order chi connectivity index (χ0) is 15.7. The standard InChI is InChI=1S/C16H18ClN3O2/c1-9(2)5-13(18)16-19-15(20-22-16)11-6-10-7-12(17)3-4-14(10)21-8-11/h3-4,6-7,9,13H,5,8,18H2,1-2H3. The number of nitrogens with two attached hydrogens (primary N) is 1. The molecule has 22 heavy (non-hydrogen) atoms. The van der Waals surface area contributed by atoms with Crippen LogP contribution in [0.4, 0.5) is 0 Å². The SMILES string of the molecule is CC(C)CC(N)c1nc(C2=Cc3cc(Cl)ccc3OC2)no1. The highest BCUT2D eigenvalue weighted by molar-refractivity contribution is 6.30. The van der Waals surface area contributed by atoms with Crippen LogP contribution in [0.2, 0.25) is 5.02 Å². The van der Waals surface area contributed by atoms with Crippen LogP contribution < -0.4 is 10.5 Å². The Morgan fingerprint density at radius 3 is 2.95 bits per heavy atom. The maximum atomic E-state index is 6.07. The summed E-state index contributed by atoms with van der Waals surface area (Å²) in [6, 6.07) is 5.26. The minimum atomic E-state index is -0.243. The number of nitrogens with zero attached hydrogens (tertiary/aromatic N) is 2. The van der Waals surface area contributed by atoms with Crippen molar-refractivity contribution in [3.05, 3.63) is 40.5 Å². The van der Waals surface area contributed by atoms with Crippen LogP contribution in [-0.4, -0.2) is 16.7 Å². The first-order valence-electron chi connectivity index (χ1n) is 7.25. The lowest BCUT2D eigenvalue weighted by atomic mass is 10.0. The van der Waals surface area contributed by atoms with Crippen molar-refractivity contribution in [3.63, 3.8) is 0 Å². The molecule has 5 nitrogen and oxygen atoms in total. The van der Waals surface area contributed by atoms with Crippen molar-refractivity contribution in [2.24, 2.45) is 11.7 Å². The van der Waals surface area contributed by atoms with E-state index in [0.717, 1.165) is 23.3 Å². The summed E-state index contributed by atoms with van der Waals surface area (Å²) in [6.07, 6.45) is 2.77. The van der Waals surface area contributed by atoms with E-state index in [-0.39, 0.29) is 6.04 Å². The summed E-state index contributed by atoms with van der Waals surface area (Å²) in [5, 5.41) is 4.68. The van der Waals surface area contributed by atoms with Gasteiger partial charge in [-0.1, -0.05) is 30.6 Å². The summed E-state index contributed by atoms with van der Waals surface area (Å²) >= 11 is 6.01. The van der Waals surface area contributed by atoms with Crippen molar-refractivity contribution in [1.29, 1.82) is 0 Å². The average Bonchev–Trinajstić information content (AvgIpc) is 2.95. The van der Waals surface area contributed by atoms with E-state index in [9.17, 15) is 0 Å². The number of ether oxygens (including phenoxy) is 1. The number of hydrogen-bond acceptors (Lipinski definition) is 5. The predicted molar refractivity (Wildman–Crippen MR) is 85.5 cm³/mol. The molecule has 116 valence electrons. The van der Waals surface area contributed by atoms with Gasteiger partial charge in [0, 0.05) is 16.2 Å². The Morgan fingerprint density at radius 1 is 1.36 bits per heavy atom. The second-order valence-corrected chi connectivity index (χ2v) is 6.27. The molecule has 1 atom stereocenters. The molecule has 0 saturated carbocycles. The fourth-order valence-electron chi connectivity index (χ4n) is 2.40. The molecule has 2 heterocycles. The molecule has 1 aliphatic heterocycles. The molecule has 0 amide bonds. The molecular formula is C16H18ClN3O2. The molecule has 1 unspecified atom stereocenters. The first-order chi connectivity index (χ1) is 10.5. The topological polar surface area (TPSA) is 74.2 Å². The van der Waals surface area contributed by atoms with Gasteiger partial charge in [0.15, 0.2) is 0 Å². The molecule has 1 aromatic heterocycles. The fourth-order valence-corrected chi connectivity index (χ4v) is 2.58. The van der Waals surface area contributed by atoms with Gasteiger partial charge in [-0.15, -0.1) is 0 Å². The Morgan fingerprint density at radius 2 is 2.18 bits per heavy atom. The van der Waals surface area contributed by atoms with Crippen molar-refractivity contribution in [2.45, 2.75) is 26.3 Å². The van der Waals surface area contributed by atoms with Gasteiger partial charge in [0.25, 0.3) is 0 Å². The molecule has 0 fully saturated rings. The molecule has 0 aliphatic carbocycles. The minimum absolute atomic E-state index is 0.243. The summed E-state index contributed by atoms with van der Waals surface area (Å²) in [5.41, 5.74) is 7.83. The largest absolute Gasteiger partial charge is 0.488 e. The molecule has 0 saturated heterocycles. The molecule has 0 bridgehead atoms. The highest BCUT2D eigenvalue weighted by Crippen LogP contribution is 2.31. The predicted octanol–water partition coefficient (Wildman–Crippen LogP) is 3.70. The zero-order valence-electron chi connectivity index (χ0n) is 12.5. The van der Waals surface area contributed by atoms with Crippen molar-refractivity contribution in [3.8, 4) is 5.75 Å². The van der Waals surface area contributed by atoms with E-state index >= 15 is 0 Å². The summed E-state index contributed by atoms with van der Waals surface area (Å²) in [4.78, 5) is 4.40. The number of benzene rings is 1. The van der Waals surface area contributed by atoms with Gasteiger partial charge in [-0.25, -0.2) is 0 Å².